The maximum Gasteiger partial charge on any atom is 0.270 e. The average Bonchev–Trinajstić information content (AvgIpc) is 2.69. The van der Waals surface area contributed by atoms with Gasteiger partial charge in [-0.05, 0) is 11.6 Å². The molecule has 2 amide bonds. The van der Waals surface area contributed by atoms with Gasteiger partial charge in [0.25, 0.3) is 5.91 Å². The van der Waals surface area contributed by atoms with Crippen molar-refractivity contribution in [2.24, 2.45) is 5.10 Å². The molecule has 0 bridgehead atoms. The summed E-state index contributed by atoms with van der Waals surface area (Å²) < 4.78 is 26.3. The molecule has 0 spiro atoms. The highest BCUT2D eigenvalue weighted by molar-refractivity contribution is 7.92. The molecule has 144 valence electrons. The second-order valence-electron chi connectivity index (χ2n) is 6.41. The smallest absolute Gasteiger partial charge is 0.270 e. The van der Waals surface area contributed by atoms with Gasteiger partial charge in [0.15, 0.2) is 0 Å². The van der Waals surface area contributed by atoms with Gasteiger partial charge >= 0.3 is 0 Å². The first-order valence-electron chi connectivity index (χ1n) is 8.73. The zero-order chi connectivity index (χ0) is 19.4. The first-order chi connectivity index (χ1) is 12.9. The lowest BCUT2D eigenvalue weighted by Crippen LogP contribution is -2.52. The average molecular weight is 390 g/mol. The van der Waals surface area contributed by atoms with Crippen LogP contribution in [0, 0.1) is 0 Å². The number of carbonyl (C=O) groups excluding carboxylic acids is 2. The van der Waals surface area contributed by atoms with Gasteiger partial charge in [-0.25, -0.2) is 13.4 Å². The predicted octanol–water partition coefficient (Wildman–Crippen LogP) is 0.739. The van der Waals surface area contributed by atoms with Crippen LogP contribution in [0.1, 0.15) is 18.4 Å². The van der Waals surface area contributed by atoms with Crippen molar-refractivity contribution in [1.82, 2.24) is 14.2 Å². The molecule has 0 unspecified atom stereocenters. The van der Waals surface area contributed by atoms with Crippen molar-refractivity contribution < 1.29 is 18.0 Å². The highest BCUT2D eigenvalue weighted by Crippen LogP contribution is 2.14. The standard InChI is InChI=1S/C18H22N4O4S/c1-20-17(23)8-7-16(19-20)18(24)21-10-12-22(13-11-21)27(25,26)14-9-15-5-3-2-4-6-15/h2-6,9,14H,7-8,10-13H2,1H3/b14-9+. The van der Waals surface area contributed by atoms with E-state index in [1.54, 1.807) is 11.0 Å². The van der Waals surface area contributed by atoms with Gasteiger partial charge in [0.1, 0.15) is 5.71 Å². The quantitative estimate of drug-likeness (QED) is 0.758. The van der Waals surface area contributed by atoms with Crippen molar-refractivity contribution in [3.8, 4) is 0 Å². The van der Waals surface area contributed by atoms with Crippen LogP contribution in [0.15, 0.2) is 40.8 Å². The van der Waals surface area contributed by atoms with E-state index in [1.807, 2.05) is 30.3 Å². The lowest BCUT2D eigenvalue weighted by Gasteiger charge is -2.34. The number of piperazine rings is 1. The van der Waals surface area contributed by atoms with Gasteiger partial charge in [0.2, 0.25) is 15.9 Å². The summed E-state index contributed by atoms with van der Waals surface area (Å²) in [6.07, 6.45) is 2.15. The van der Waals surface area contributed by atoms with E-state index >= 15 is 0 Å². The van der Waals surface area contributed by atoms with Crippen molar-refractivity contribution in [2.75, 3.05) is 33.2 Å². The number of nitrogens with zero attached hydrogens (tertiary/aromatic N) is 4. The van der Waals surface area contributed by atoms with E-state index in [-0.39, 0.29) is 31.3 Å². The molecule has 1 fully saturated rings. The predicted molar refractivity (Wildman–Crippen MR) is 102 cm³/mol. The molecule has 8 nitrogen and oxygen atoms in total. The number of benzene rings is 1. The van der Waals surface area contributed by atoms with Crippen LogP contribution < -0.4 is 0 Å². The third-order valence-corrected chi connectivity index (χ3v) is 6.14. The minimum Gasteiger partial charge on any atom is -0.335 e. The van der Waals surface area contributed by atoms with E-state index in [0.717, 1.165) is 5.56 Å². The summed E-state index contributed by atoms with van der Waals surface area (Å²) in [5.41, 5.74) is 1.15. The van der Waals surface area contributed by atoms with Crippen LogP contribution in [-0.4, -0.2) is 73.4 Å². The Labute approximate surface area is 158 Å². The monoisotopic (exact) mass is 390 g/mol. The molecule has 1 aromatic rings. The lowest BCUT2D eigenvalue weighted by molar-refractivity contribution is -0.130. The largest absolute Gasteiger partial charge is 0.335 e. The maximum absolute atomic E-state index is 12.5. The van der Waals surface area contributed by atoms with Gasteiger partial charge < -0.3 is 4.90 Å². The SMILES string of the molecule is CN1N=C(C(=O)N2CCN(S(=O)(=O)/C=C/c3ccccc3)CC2)CCC1=O. The van der Waals surface area contributed by atoms with Gasteiger partial charge in [-0.3, -0.25) is 9.59 Å². The molecule has 0 radical (unpaired) electrons. The summed E-state index contributed by atoms with van der Waals surface area (Å²) in [4.78, 5) is 25.6. The van der Waals surface area contributed by atoms with Gasteiger partial charge in [0.05, 0.1) is 0 Å². The lowest BCUT2D eigenvalue weighted by atomic mass is 10.1. The fourth-order valence-corrected chi connectivity index (χ4v) is 4.14. The van der Waals surface area contributed by atoms with Crippen molar-refractivity contribution in [2.45, 2.75) is 12.8 Å². The number of hydrogen-bond donors (Lipinski definition) is 0. The Kier molecular flexibility index (Phi) is 5.71. The van der Waals surface area contributed by atoms with Crippen LogP contribution in [0.2, 0.25) is 0 Å². The minimum absolute atomic E-state index is 0.118. The summed E-state index contributed by atoms with van der Waals surface area (Å²) in [6.45, 7) is 1.06. The summed E-state index contributed by atoms with van der Waals surface area (Å²) in [5, 5.41) is 6.42. The third-order valence-electron chi connectivity index (χ3n) is 4.57. The Morgan fingerprint density at radius 1 is 1.07 bits per heavy atom. The molecule has 0 atom stereocenters. The normalized spacial score (nSPS) is 19.4. The molecule has 3 rings (SSSR count). The third kappa shape index (κ3) is 4.61. The number of sulfonamides is 1. The number of amides is 2. The second kappa shape index (κ2) is 8.01. The van der Waals surface area contributed by atoms with Crippen LogP contribution in [0.5, 0.6) is 0 Å². The van der Waals surface area contributed by atoms with Crippen molar-refractivity contribution in [3.63, 3.8) is 0 Å². The first kappa shape index (κ1) is 19.2. The fourth-order valence-electron chi connectivity index (χ4n) is 2.97. The molecular weight excluding hydrogens is 368 g/mol. The molecular formula is C18H22N4O4S. The summed E-state index contributed by atoms with van der Waals surface area (Å²) >= 11 is 0. The zero-order valence-corrected chi connectivity index (χ0v) is 15.9. The molecule has 0 saturated carbocycles. The van der Waals surface area contributed by atoms with E-state index in [0.29, 0.717) is 25.2 Å². The summed E-state index contributed by atoms with van der Waals surface area (Å²) in [6, 6.07) is 9.21. The summed E-state index contributed by atoms with van der Waals surface area (Å²) in [5.74, 6) is -0.348. The topological polar surface area (TPSA) is 90.4 Å². The van der Waals surface area contributed by atoms with E-state index in [1.165, 1.54) is 21.8 Å². The molecule has 0 aliphatic carbocycles. The van der Waals surface area contributed by atoms with Crippen LogP contribution >= 0.6 is 0 Å². The van der Waals surface area contributed by atoms with Crippen molar-refractivity contribution >= 4 is 33.6 Å². The van der Waals surface area contributed by atoms with E-state index in [4.69, 9.17) is 0 Å². The molecule has 2 heterocycles. The van der Waals surface area contributed by atoms with E-state index in [2.05, 4.69) is 5.10 Å². The minimum atomic E-state index is -3.54. The van der Waals surface area contributed by atoms with E-state index in [9.17, 15) is 18.0 Å². The first-order valence-corrected chi connectivity index (χ1v) is 10.2. The maximum atomic E-state index is 12.5. The number of hydrogen-bond acceptors (Lipinski definition) is 5. The van der Waals surface area contributed by atoms with Gasteiger partial charge in [-0.15, -0.1) is 0 Å². The van der Waals surface area contributed by atoms with Gasteiger partial charge in [0, 0.05) is 51.5 Å². The molecule has 1 aromatic carbocycles. The van der Waals surface area contributed by atoms with Crippen LogP contribution in [-0.2, 0) is 19.6 Å². The van der Waals surface area contributed by atoms with Gasteiger partial charge in [-0.1, -0.05) is 30.3 Å². The van der Waals surface area contributed by atoms with Crippen LogP contribution in [0.25, 0.3) is 6.08 Å². The molecule has 1 saturated heterocycles. The van der Waals surface area contributed by atoms with Crippen molar-refractivity contribution in [1.29, 1.82) is 0 Å². The Balaban J connectivity index is 1.60. The van der Waals surface area contributed by atoms with Crippen LogP contribution in [0.4, 0.5) is 0 Å². The molecule has 0 aromatic heterocycles. The van der Waals surface area contributed by atoms with Crippen LogP contribution in [0.3, 0.4) is 0 Å². The Morgan fingerprint density at radius 2 is 1.74 bits per heavy atom. The van der Waals surface area contributed by atoms with E-state index < -0.39 is 10.0 Å². The highest BCUT2D eigenvalue weighted by atomic mass is 32.2. The molecule has 2 aliphatic rings. The molecule has 27 heavy (non-hydrogen) atoms. The number of carbonyl (C=O) groups is 2. The highest BCUT2D eigenvalue weighted by Gasteiger charge is 2.31. The summed E-state index contributed by atoms with van der Waals surface area (Å²) in [7, 11) is -2.01. The Bertz CT molecular complexity index is 872. The Hall–Kier alpha value is -2.52. The molecule has 9 heteroatoms. The molecule has 2 aliphatic heterocycles. The number of rotatable bonds is 4. The Morgan fingerprint density at radius 3 is 2.37 bits per heavy atom. The number of hydrazone groups is 1. The second-order valence-corrected chi connectivity index (χ2v) is 8.23. The zero-order valence-electron chi connectivity index (χ0n) is 15.1. The molecule has 0 N–H and O–H groups in total. The fraction of sp³-hybridized carbons (Fsp3) is 0.389. The van der Waals surface area contributed by atoms with Gasteiger partial charge in [-0.2, -0.15) is 9.41 Å². The van der Waals surface area contributed by atoms with Crippen molar-refractivity contribution in [3.05, 3.63) is 41.3 Å².